The molecule has 0 saturated carbocycles. The number of nitrogens with two attached hydrogens (primary N) is 1. The summed E-state index contributed by atoms with van der Waals surface area (Å²) in [6.45, 7) is 0.130. The fraction of sp³-hybridized carbons (Fsp3) is 0.250. The predicted molar refractivity (Wildman–Crippen MR) is 74.9 cm³/mol. The summed E-state index contributed by atoms with van der Waals surface area (Å²) in [6, 6.07) is 4.29. The molecule has 1 unspecified atom stereocenters. The summed E-state index contributed by atoms with van der Waals surface area (Å²) >= 11 is 5.95. The first kappa shape index (κ1) is 14.4. The van der Waals surface area contributed by atoms with E-state index in [0.29, 0.717) is 16.4 Å². The Balaban J connectivity index is 2.26. The highest BCUT2D eigenvalue weighted by Gasteiger charge is 2.16. The second-order valence-corrected chi connectivity index (χ2v) is 4.49. The number of rotatable bonds is 5. The maximum Gasteiger partial charge on any atom is 0.243 e. The van der Waals surface area contributed by atoms with Gasteiger partial charge in [0.05, 0.1) is 18.0 Å². The minimum absolute atomic E-state index is 0.130. The van der Waals surface area contributed by atoms with E-state index in [1.54, 1.807) is 18.2 Å². The van der Waals surface area contributed by atoms with Gasteiger partial charge >= 0.3 is 0 Å². The Bertz CT molecular complexity index is 588. The van der Waals surface area contributed by atoms with Gasteiger partial charge in [-0.1, -0.05) is 11.6 Å². The second-order valence-electron chi connectivity index (χ2n) is 4.05. The topological polar surface area (TPSA) is 95.1 Å². The highest BCUT2D eigenvalue weighted by molar-refractivity contribution is 6.31. The number of amides is 1. The Morgan fingerprint density at radius 3 is 3.05 bits per heavy atom. The SMILES string of the molecule is COCC(N)C(=O)Nc1cc(Cl)ccc1-n1cncn1. The lowest BCUT2D eigenvalue weighted by atomic mass is 10.2. The van der Waals surface area contributed by atoms with E-state index in [4.69, 9.17) is 22.1 Å². The Morgan fingerprint density at radius 2 is 2.40 bits per heavy atom. The van der Waals surface area contributed by atoms with Crippen LogP contribution in [0.4, 0.5) is 5.69 Å². The second kappa shape index (κ2) is 6.47. The molecule has 1 aromatic heterocycles. The summed E-state index contributed by atoms with van der Waals surface area (Å²) in [7, 11) is 1.48. The van der Waals surface area contributed by atoms with Gasteiger partial charge in [0.2, 0.25) is 5.91 Å². The van der Waals surface area contributed by atoms with Gasteiger partial charge in [-0.25, -0.2) is 9.67 Å². The van der Waals surface area contributed by atoms with Gasteiger partial charge in [0.15, 0.2) is 0 Å². The number of anilines is 1. The zero-order chi connectivity index (χ0) is 14.5. The minimum atomic E-state index is -0.762. The van der Waals surface area contributed by atoms with Crippen molar-refractivity contribution in [2.45, 2.75) is 6.04 Å². The van der Waals surface area contributed by atoms with Crippen molar-refractivity contribution in [2.24, 2.45) is 5.73 Å². The number of carbonyl (C=O) groups is 1. The summed E-state index contributed by atoms with van der Waals surface area (Å²) in [5, 5.41) is 7.22. The molecule has 1 amide bonds. The average molecular weight is 296 g/mol. The van der Waals surface area contributed by atoms with Crippen molar-refractivity contribution in [3.05, 3.63) is 35.9 Å². The van der Waals surface area contributed by atoms with Crippen molar-refractivity contribution in [3.8, 4) is 5.69 Å². The number of hydrogen-bond donors (Lipinski definition) is 2. The molecule has 7 nitrogen and oxygen atoms in total. The third-order valence-corrected chi connectivity index (χ3v) is 2.80. The van der Waals surface area contributed by atoms with Gasteiger partial charge in [-0.3, -0.25) is 4.79 Å². The van der Waals surface area contributed by atoms with E-state index in [0.717, 1.165) is 0 Å². The van der Waals surface area contributed by atoms with Gasteiger partial charge in [-0.05, 0) is 18.2 Å². The monoisotopic (exact) mass is 295 g/mol. The number of hydrogen-bond acceptors (Lipinski definition) is 5. The van der Waals surface area contributed by atoms with Crippen LogP contribution in [0.2, 0.25) is 5.02 Å². The Hall–Kier alpha value is -1.96. The fourth-order valence-electron chi connectivity index (χ4n) is 1.62. The Morgan fingerprint density at radius 1 is 1.60 bits per heavy atom. The van der Waals surface area contributed by atoms with Gasteiger partial charge in [0, 0.05) is 12.1 Å². The maximum atomic E-state index is 11.9. The normalized spacial score (nSPS) is 12.2. The molecule has 3 N–H and O–H groups in total. The van der Waals surface area contributed by atoms with Crippen LogP contribution in [-0.4, -0.2) is 40.4 Å². The molecular weight excluding hydrogens is 282 g/mol. The van der Waals surface area contributed by atoms with Crippen LogP contribution in [0.1, 0.15) is 0 Å². The number of aromatic nitrogens is 3. The van der Waals surface area contributed by atoms with E-state index >= 15 is 0 Å². The Kier molecular flexibility index (Phi) is 4.67. The van der Waals surface area contributed by atoms with Crippen LogP contribution in [-0.2, 0) is 9.53 Å². The summed E-state index contributed by atoms with van der Waals surface area (Å²) in [5.74, 6) is -0.365. The first-order chi connectivity index (χ1) is 9.61. The van der Waals surface area contributed by atoms with E-state index < -0.39 is 6.04 Å². The highest BCUT2D eigenvalue weighted by Crippen LogP contribution is 2.23. The molecule has 0 aliphatic rings. The summed E-state index contributed by atoms with van der Waals surface area (Å²) < 4.78 is 6.37. The van der Waals surface area contributed by atoms with Crippen LogP contribution in [0.5, 0.6) is 0 Å². The first-order valence-electron chi connectivity index (χ1n) is 5.81. The lowest BCUT2D eigenvalue weighted by Gasteiger charge is -2.14. The Labute approximate surface area is 120 Å². The molecule has 20 heavy (non-hydrogen) atoms. The van der Waals surface area contributed by atoms with Crippen molar-refractivity contribution in [1.29, 1.82) is 0 Å². The lowest BCUT2D eigenvalue weighted by Crippen LogP contribution is -2.39. The van der Waals surface area contributed by atoms with Gasteiger partial charge in [0.25, 0.3) is 0 Å². The fourth-order valence-corrected chi connectivity index (χ4v) is 1.79. The molecule has 0 fully saturated rings. The van der Waals surface area contributed by atoms with Crippen molar-refractivity contribution < 1.29 is 9.53 Å². The van der Waals surface area contributed by atoms with Crippen LogP contribution in [0.3, 0.4) is 0 Å². The van der Waals surface area contributed by atoms with Crippen LogP contribution in [0, 0.1) is 0 Å². The number of methoxy groups -OCH3 is 1. The molecule has 0 spiro atoms. The number of nitrogens with zero attached hydrogens (tertiary/aromatic N) is 3. The molecule has 1 atom stereocenters. The number of nitrogens with one attached hydrogen (secondary N) is 1. The molecule has 0 aliphatic heterocycles. The first-order valence-corrected chi connectivity index (χ1v) is 6.19. The summed E-state index contributed by atoms with van der Waals surface area (Å²) in [6.07, 6.45) is 2.92. The largest absolute Gasteiger partial charge is 0.383 e. The molecule has 2 rings (SSSR count). The predicted octanol–water partition coefficient (Wildman–Crippen LogP) is 0.833. The van der Waals surface area contributed by atoms with E-state index in [1.165, 1.54) is 24.4 Å². The molecule has 0 saturated heterocycles. The number of benzene rings is 1. The smallest absolute Gasteiger partial charge is 0.243 e. The third kappa shape index (κ3) is 3.32. The molecule has 8 heteroatoms. The molecular formula is C12H14ClN5O2. The molecule has 0 bridgehead atoms. The molecule has 0 radical (unpaired) electrons. The third-order valence-electron chi connectivity index (χ3n) is 2.57. The zero-order valence-corrected chi connectivity index (χ0v) is 11.5. The molecule has 2 aromatic rings. The number of halogens is 1. The summed E-state index contributed by atoms with van der Waals surface area (Å²) in [4.78, 5) is 15.8. The standard InChI is InChI=1S/C12H14ClN5O2/c1-20-5-9(14)12(19)17-10-4-8(13)2-3-11(10)18-7-15-6-16-18/h2-4,6-7,9H,5,14H2,1H3,(H,17,19). The van der Waals surface area contributed by atoms with Crippen molar-refractivity contribution in [1.82, 2.24) is 14.8 Å². The van der Waals surface area contributed by atoms with Gasteiger partial charge in [-0.2, -0.15) is 5.10 Å². The van der Waals surface area contributed by atoms with Crippen LogP contribution < -0.4 is 11.1 Å². The zero-order valence-electron chi connectivity index (χ0n) is 10.8. The van der Waals surface area contributed by atoms with E-state index in [9.17, 15) is 4.79 Å². The van der Waals surface area contributed by atoms with Crippen molar-refractivity contribution in [3.63, 3.8) is 0 Å². The summed E-state index contributed by atoms with van der Waals surface area (Å²) in [5.41, 5.74) is 6.82. The molecule has 1 heterocycles. The van der Waals surface area contributed by atoms with Crippen molar-refractivity contribution in [2.75, 3.05) is 19.0 Å². The quantitative estimate of drug-likeness (QED) is 0.852. The molecule has 0 aliphatic carbocycles. The van der Waals surface area contributed by atoms with Gasteiger partial charge in [0.1, 0.15) is 18.7 Å². The van der Waals surface area contributed by atoms with E-state index in [2.05, 4.69) is 15.4 Å². The highest BCUT2D eigenvalue weighted by atomic mass is 35.5. The van der Waals surface area contributed by atoms with Crippen molar-refractivity contribution >= 4 is 23.2 Å². The molecule has 1 aromatic carbocycles. The van der Waals surface area contributed by atoms with E-state index in [1.807, 2.05) is 0 Å². The number of ether oxygens (including phenoxy) is 1. The average Bonchev–Trinajstić information content (AvgIpc) is 2.93. The van der Waals surface area contributed by atoms with Crippen LogP contribution >= 0.6 is 11.6 Å². The number of carbonyl (C=O) groups excluding carboxylic acids is 1. The van der Waals surface area contributed by atoms with E-state index in [-0.39, 0.29) is 12.5 Å². The van der Waals surface area contributed by atoms with Gasteiger partial charge < -0.3 is 15.8 Å². The van der Waals surface area contributed by atoms with Crippen LogP contribution in [0.15, 0.2) is 30.9 Å². The minimum Gasteiger partial charge on any atom is -0.383 e. The molecule has 106 valence electrons. The lowest BCUT2D eigenvalue weighted by molar-refractivity contribution is -0.118. The maximum absolute atomic E-state index is 11.9. The van der Waals surface area contributed by atoms with Crippen LogP contribution in [0.25, 0.3) is 5.69 Å². The van der Waals surface area contributed by atoms with Gasteiger partial charge in [-0.15, -0.1) is 0 Å².